The van der Waals surface area contributed by atoms with Crippen molar-refractivity contribution in [2.75, 3.05) is 6.61 Å². The smallest absolute Gasteiger partial charge is 0.258 e. The normalized spacial score (nSPS) is 10.6. The number of ether oxygens (including phenoxy) is 1. The summed E-state index contributed by atoms with van der Waals surface area (Å²) in [6.07, 6.45) is 0. The Labute approximate surface area is 151 Å². The molecule has 0 aliphatic rings. The number of para-hydroxylation sites is 1. The Morgan fingerprint density at radius 1 is 1.12 bits per heavy atom. The van der Waals surface area contributed by atoms with Gasteiger partial charge in [0.25, 0.3) is 5.91 Å². The Morgan fingerprint density at radius 3 is 2.50 bits per heavy atom. The first kappa shape index (κ1) is 17.7. The summed E-state index contributed by atoms with van der Waals surface area (Å²) in [4.78, 5) is 12.0. The van der Waals surface area contributed by atoms with Crippen LogP contribution in [0.2, 0.25) is 0 Å². The lowest BCUT2D eigenvalue weighted by molar-refractivity contribution is -0.123. The van der Waals surface area contributed by atoms with Gasteiger partial charge in [0.1, 0.15) is 11.6 Å². The van der Waals surface area contributed by atoms with E-state index in [0.717, 1.165) is 22.6 Å². The molecule has 3 rings (SSSR count). The summed E-state index contributed by atoms with van der Waals surface area (Å²) in [6.45, 7) is 4.14. The van der Waals surface area contributed by atoms with Crippen molar-refractivity contribution >= 4 is 5.91 Å². The maximum atomic E-state index is 12.9. The average molecular weight is 353 g/mol. The van der Waals surface area contributed by atoms with Crippen molar-refractivity contribution in [3.63, 3.8) is 0 Å². The summed E-state index contributed by atoms with van der Waals surface area (Å²) in [5, 5.41) is 7.39. The van der Waals surface area contributed by atoms with E-state index in [2.05, 4.69) is 10.4 Å². The van der Waals surface area contributed by atoms with Crippen LogP contribution in [-0.2, 0) is 11.3 Å². The molecule has 1 N–H and O–H groups in total. The predicted molar refractivity (Wildman–Crippen MR) is 96.8 cm³/mol. The van der Waals surface area contributed by atoms with E-state index >= 15 is 0 Å². The molecule has 0 spiro atoms. The number of nitrogens with zero attached hydrogens (tertiary/aromatic N) is 2. The largest absolute Gasteiger partial charge is 0.484 e. The van der Waals surface area contributed by atoms with Gasteiger partial charge >= 0.3 is 0 Å². The van der Waals surface area contributed by atoms with Gasteiger partial charge in [-0.25, -0.2) is 9.07 Å². The van der Waals surface area contributed by atoms with E-state index in [-0.39, 0.29) is 18.3 Å². The highest BCUT2D eigenvalue weighted by Crippen LogP contribution is 2.17. The molecule has 0 radical (unpaired) electrons. The number of carbonyl (C=O) groups is 1. The minimum atomic E-state index is -0.344. The molecule has 5 nitrogen and oxygen atoms in total. The number of aryl methyl sites for hydroxylation is 1. The van der Waals surface area contributed by atoms with Crippen LogP contribution in [0.3, 0.4) is 0 Å². The molecule has 3 aromatic rings. The standard InChI is InChI=1S/C20H20FN3O2/c1-14-19(15(2)24(23-14)17-6-4-3-5-7-17)12-22-20(25)13-26-18-10-8-16(21)9-11-18/h3-11H,12-13H2,1-2H3,(H,22,25). The van der Waals surface area contributed by atoms with Gasteiger partial charge in [0.2, 0.25) is 0 Å². The molecule has 1 heterocycles. The van der Waals surface area contributed by atoms with Crippen LogP contribution in [-0.4, -0.2) is 22.3 Å². The monoisotopic (exact) mass is 353 g/mol. The molecule has 0 saturated heterocycles. The number of aromatic nitrogens is 2. The van der Waals surface area contributed by atoms with Gasteiger partial charge in [-0.3, -0.25) is 4.79 Å². The molecule has 0 fully saturated rings. The number of amides is 1. The van der Waals surface area contributed by atoms with Gasteiger partial charge in [0.15, 0.2) is 6.61 Å². The zero-order valence-corrected chi connectivity index (χ0v) is 14.7. The Morgan fingerprint density at radius 2 is 1.81 bits per heavy atom. The van der Waals surface area contributed by atoms with Crippen LogP contribution in [0.25, 0.3) is 5.69 Å². The lowest BCUT2D eigenvalue weighted by Gasteiger charge is -2.08. The van der Waals surface area contributed by atoms with Crippen molar-refractivity contribution in [1.82, 2.24) is 15.1 Å². The van der Waals surface area contributed by atoms with Crippen molar-refractivity contribution in [1.29, 1.82) is 0 Å². The number of nitrogens with one attached hydrogen (secondary N) is 1. The van der Waals surface area contributed by atoms with Crippen molar-refractivity contribution in [3.05, 3.63) is 77.4 Å². The van der Waals surface area contributed by atoms with Crippen LogP contribution in [0.4, 0.5) is 4.39 Å². The van der Waals surface area contributed by atoms with Gasteiger partial charge in [-0.15, -0.1) is 0 Å². The van der Waals surface area contributed by atoms with E-state index in [4.69, 9.17) is 4.74 Å². The summed E-state index contributed by atoms with van der Waals surface area (Å²) in [7, 11) is 0. The third-order valence-corrected chi connectivity index (χ3v) is 4.09. The molecule has 0 aliphatic carbocycles. The number of hydrogen-bond donors (Lipinski definition) is 1. The quantitative estimate of drug-likeness (QED) is 0.740. The second kappa shape index (κ2) is 7.82. The highest BCUT2D eigenvalue weighted by atomic mass is 19.1. The van der Waals surface area contributed by atoms with Gasteiger partial charge in [0.05, 0.1) is 11.4 Å². The maximum absolute atomic E-state index is 12.9. The molecule has 1 amide bonds. The number of hydrogen-bond acceptors (Lipinski definition) is 3. The van der Waals surface area contributed by atoms with Crippen molar-refractivity contribution in [2.45, 2.75) is 20.4 Å². The third-order valence-electron chi connectivity index (χ3n) is 4.09. The van der Waals surface area contributed by atoms with Gasteiger partial charge in [-0.2, -0.15) is 5.10 Å². The minimum Gasteiger partial charge on any atom is -0.484 e. The van der Waals surface area contributed by atoms with E-state index in [1.54, 1.807) is 0 Å². The molecule has 1 aromatic heterocycles. The number of carbonyl (C=O) groups excluding carboxylic acids is 1. The van der Waals surface area contributed by atoms with Gasteiger partial charge < -0.3 is 10.1 Å². The molecular weight excluding hydrogens is 333 g/mol. The highest BCUT2D eigenvalue weighted by Gasteiger charge is 2.13. The van der Waals surface area contributed by atoms with Crippen LogP contribution in [0, 0.1) is 19.7 Å². The molecule has 6 heteroatoms. The molecule has 0 unspecified atom stereocenters. The number of halogens is 1. The van der Waals surface area contributed by atoms with Crippen molar-refractivity contribution < 1.29 is 13.9 Å². The molecule has 0 atom stereocenters. The number of rotatable bonds is 6. The van der Waals surface area contributed by atoms with Gasteiger partial charge in [-0.05, 0) is 50.2 Å². The Kier molecular flexibility index (Phi) is 5.31. The number of benzene rings is 2. The fourth-order valence-corrected chi connectivity index (χ4v) is 2.67. The Bertz CT molecular complexity index is 889. The van der Waals surface area contributed by atoms with Crippen molar-refractivity contribution in [3.8, 4) is 11.4 Å². The summed E-state index contributed by atoms with van der Waals surface area (Å²) >= 11 is 0. The summed E-state index contributed by atoms with van der Waals surface area (Å²) in [5.41, 5.74) is 3.80. The molecule has 0 saturated carbocycles. The fraction of sp³-hybridized carbons (Fsp3) is 0.200. The van der Waals surface area contributed by atoms with Gasteiger partial charge in [0, 0.05) is 17.8 Å². The SMILES string of the molecule is Cc1nn(-c2ccccc2)c(C)c1CNC(=O)COc1ccc(F)cc1. The predicted octanol–water partition coefficient (Wildman–Crippen LogP) is 3.32. The molecular formula is C20H20FN3O2. The molecule has 26 heavy (non-hydrogen) atoms. The lowest BCUT2D eigenvalue weighted by atomic mass is 10.2. The van der Waals surface area contributed by atoms with Crippen LogP contribution >= 0.6 is 0 Å². The van der Waals surface area contributed by atoms with Crippen molar-refractivity contribution in [2.24, 2.45) is 0 Å². The fourth-order valence-electron chi connectivity index (χ4n) is 2.67. The minimum absolute atomic E-state index is 0.128. The summed E-state index contributed by atoms with van der Waals surface area (Å²) < 4.78 is 20.1. The maximum Gasteiger partial charge on any atom is 0.258 e. The Balaban J connectivity index is 1.60. The second-order valence-corrected chi connectivity index (χ2v) is 5.92. The highest BCUT2D eigenvalue weighted by molar-refractivity contribution is 5.77. The zero-order valence-electron chi connectivity index (χ0n) is 14.7. The first-order chi connectivity index (χ1) is 12.5. The zero-order chi connectivity index (χ0) is 18.5. The average Bonchev–Trinajstić information content (AvgIpc) is 2.94. The second-order valence-electron chi connectivity index (χ2n) is 5.92. The van der Waals surface area contributed by atoms with E-state index in [0.29, 0.717) is 12.3 Å². The van der Waals surface area contributed by atoms with Crippen LogP contribution in [0.15, 0.2) is 54.6 Å². The Hall–Kier alpha value is -3.15. The third kappa shape index (κ3) is 4.08. The molecule has 134 valence electrons. The molecule has 0 bridgehead atoms. The van der Waals surface area contributed by atoms with Crippen LogP contribution < -0.4 is 10.1 Å². The first-order valence-corrected chi connectivity index (χ1v) is 8.30. The summed E-state index contributed by atoms with van der Waals surface area (Å²) in [6, 6.07) is 15.4. The topological polar surface area (TPSA) is 56.2 Å². The first-order valence-electron chi connectivity index (χ1n) is 8.30. The molecule has 0 aliphatic heterocycles. The lowest BCUT2D eigenvalue weighted by Crippen LogP contribution is -2.28. The van der Waals surface area contributed by atoms with E-state index < -0.39 is 0 Å². The van der Waals surface area contributed by atoms with E-state index in [9.17, 15) is 9.18 Å². The molecule has 2 aromatic carbocycles. The van der Waals surface area contributed by atoms with Crippen LogP contribution in [0.1, 0.15) is 17.0 Å². The van der Waals surface area contributed by atoms with E-state index in [1.807, 2.05) is 48.9 Å². The summed E-state index contributed by atoms with van der Waals surface area (Å²) in [5.74, 6) is -0.144. The van der Waals surface area contributed by atoms with Gasteiger partial charge in [-0.1, -0.05) is 18.2 Å². The van der Waals surface area contributed by atoms with E-state index in [1.165, 1.54) is 24.3 Å². The van der Waals surface area contributed by atoms with Crippen LogP contribution in [0.5, 0.6) is 5.75 Å².